The normalized spacial score (nSPS) is 11.1. The van der Waals surface area contributed by atoms with Gasteiger partial charge < -0.3 is 5.32 Å². The van der Waals surface area contributed by atoms with E-state index in [1.807, 2.05) is 0 Å². The first kappa shape index (κ1) is 14.1. The van der Waals surface area contributed by atoms with Crippen molar-refractivity contribution in [2.24, 2.45) is 0 Å². The molecule has 0 aromatic carbocycles. The number of rotatable bonds is 3. The molecule has 0 aliphatic heterocycles. The van der Waals surface area contributed by atoms with Crippen LogP contribution in [0.2, 0.25) is 0 Å². The summed E-state index contributed by atoms with van der Waals surface area (Å²) < 4.78 is 23.0. The fourth-order valence-corrected chi connectivity index (χ4v) is 2.23. The van der Waals surface area contributed by atoms with E-state index in [4.69, 9.17) is 0 Å². The van der Waals surface area contributed by atoms with Gasteiger partial charge in [-0.3, -0.25) is 9.78 Å². The maximum Gasteiger partial charge on any atom is 0.222 e. The van der Waals surface area contributed by atoms with Crippen molar-refractivity contribution in [2.45, 2.75) is 11.8 Å². The number of nitrogens with one attached hydrogen (secondary N) is 1. The minimum atomic E-state index is -3.31. The lowest BCUT2D eigenvalue weighted by atomic mass is 10.1. The zero-order chi connectivity index (χ0) is 14.8. The molecule has 0 atom stereocenters. The summed E-state index contributed by atoms with van der Waals surface area (Å²) in [6.07, 6.45) is 5.52. The Hall–Kier alpha value is -2.28. The highest BCUT2D eigenvalue weighted by Crippen LogP contribution is 2.22. The number of sulfone groups is 1. The van der Waals surface area contributed by atoms with Gasteiger partial charge in [-0.1, -0.05) is 0 Å². The lowest BCUT2D eigenvalue weighted by Gasteiger charge is -2.06. The molecule has 0 fully saturated rings. The first-order chi connectivity index (χ1) is 9.36. The predicted octanol–water partition coefficient (Wildman–Crippen LogP) is 1.51. The number of carbonyl (C=O) groups is 1. The van der Waals surface area contributed by atoms with Gasteiger partial charge in [0, 0.05) is 37.3 Å². The third kappa shape index (κ3) is 3.39. The monoisotopic (exact) mass is 291 g/mol. The highest BCUT2D eigenvalue weighted by Gasteiger charge is 2.09. The lowest BCUT2D eigenvalue weighted by Crippen LogP contribution is -2.07. The van der Waals surface area contributed by atoms with E-state index in [0.717, 1.165) is 11.8 Å². The molecule has 2 heterocycles. The van der Waals surface area contributed by atoms with Gasteiger partial charge in [0.2, 0.25) is 5.91 Å². The van der Waals surface area contributed by atoms with E-state index in [2.05, 4.69) is 15.3 Å². The quantitative estimate of drug-likeness (QED) is 0.925. The van der Waals surface area contributed by atoms with E-state index >= 15 is 0 Å². The summed E-state index contributed by atoms with van der Waals surface area (Å²) in [5, 5.41) is 2.57. The largest absolute Gasteiger partial charge is 0.311 e. The van der Waals surface area contributed by atoms with Gasteiger partial charge in [-0.05, 0) is 23.8 Å². The summed E-state index contributed by atoms with van der Waals surface area (Å²) in [5.41, 5.74) is 1.36. The molecule has 1 amide bonds. The van der Waals surface area contributed by atoms with Crippen molar-refractivity contribution in [3.8, 4) is 11.1 Å². The van der Waals surface area contributed by atoms with E-state index in [9.17, 15) is 13.2 Å². The third-order valence-electron chi connectivity index (χ3n) is 2.54. The van der Waals surface area contributed by atoms with Gasteiger partial charge in [-0.15, -0.1) is 0 Å². The Labute approximate surface area is 116 Å². The van der Waals surface area contributed by atoms with E-state index in [0.29, 0.717) is 11.4 Å². The summed E-state index contributed by atoms with van der Waals surface area (Å²) >= 11 is 0. The molecule has 0 radical (unpaired) electrons. The number of hydrogen-bond donors (Lipinski definition) is 1. The molecule has 2 aromatic heterocycles. The van der Waals surface area contributed by atoms with E-state index in [1.54, 1.807) is 18.3 Å². The number of anilines is 1. The highest BCUT2D eigenvalue weighted by atomic mass is 32.2. The molecule has 104 valence electrons. The molecule has 6 nitrogen and oxygen atoms in total. The topological polar surface area (TPSA) is 89.0 Å². The minimum absolute atomic E-state index is 0.146. The Morgan fingerprint density at radius 2 is 1.95 bits per heavy atom. The average molecular weight is 291 g/mol. The van der Waals surface area contributed by atoms with Crippen LogP contribution in [0.5, 0.6) is 0 Å². The average Bonchev–Trinajstić information content (AvgIpc) is 2.37. The molecule has 2 aromatic rings. The summed E-state index contributed by atoms with van der Waals surface area (Å²) in [6, 6.07) is 4.91. The molecule has 0 saturated carbocycles. The second kappa shape index (κ2) is 5.38. The van der Waals surface area contributed by atoms with Crippen molar-refractivity contribution in [1.82, 2.24) is 9.97 Å². The standard InChI is InChI=1S/C13H13N3O3S/c1-9(17)16-13-6-10(3-4-15-13)11-5-12(8-14-7-11)20(2,18)19/h3-8H,1-2H3,(H,15,16,17). The first-order valence-corrected chi connectivity index (χ1v) is 7.64. The Bertz CT molecular complexity index is 757. The summed E-state index contributed by atoms with van der Waals surface area (Å²) in [6.45, 7) is 1.39. The van der Waals surface area contributed by atoms with Crippen LogP contribution in [0.4, 0.5) is 5.82 Å². The van der Waals surface area contributed by atoms with Gasteiger partial charge in [0.05, 0.1) is 4.90 Å². The SMILES string of the molecule is CC(=O)Nc1cc(-c2cncc(S(C)(=O)=O)c2)ccn1. The van der Waals surface area contributed by atoms with Crippen molar-refractivity contribution in [2.75, 3.05) is 11.6 Å². The van der Waals surface area contributed by atoms with Crippen LogP contribution >= 0.6 is 0 Å². The number of nitrogens with zero attached hydrogens (tertiary/aromatic N) is 2. The minimum Gasteiger partial charge on any atom is -0.311 e. The van der Waals surface area contributed by atoms with Crippen LogP contribution in [0.25, 0.3) is 11.1 Å². The van der Waals surface area contributed by atoms with Crippen LogP contribution in [0, 0.1) is 0 Å². The molecule has 0 spiro atoms. The van der Waals surface area contributed by atoms with Gasteiger partial charge in [-0.25, -0.2) is 13.4 Å². The maximum absolute atomic E-state index is 11.5. The molecule has 0 aliphatic rings. The fraction of sp³-hybridized carbons (Fsp3) is 0.154. The van der Waals surface area contributed by atoms with Crippen LogP contribution in [0.15, 0.2) is 41.7 Å². The van der Waals surface area contributed by atoms with Crippen LogP contribution in [-0.2, 0) is 14.6 Å². The van der Waals surface area contributed by atoms with Gasteiger partial charge in [0.15, 0.2) is 9.84 Å². The van der Waals surface area contributed by atoms with Crippen molar-refractivity contribution in [3.63, 3.8) is 0 Å². The molecular weight excluding hydrogens is 278 g/mol. The molecule has 0 saturated heterocycles. The smallest absolute Gasteiger partial charge is 0.222 e. The number of carbonyl (C=O) groups excluding carboxylic acids is 1. The van der Waals surface area contributed by atoms with Crippen molar-refractivity contribution >= 4 is 21.6 Å². The summed E-state index contributed by atoms with van der Waals surface area (Å²) in [4.78, 5) is 19.1. The molecule has 7 heteroatoms. The Morgan fingerprint density at radius 3 is 2.60 bits per heavy atom. The van der Waals surface area contributed by atoms with Gasteiger partial charge >= 0.3 is 0 Å². The van der Waals surface area contributed by atoms with Gasteiger partial charge in [0.25, 0.3) is 0 Å². The number of pyridine rings is 2. The molecule has 20 heavy (non-hydrogen) atoms. The zero-order valence-electron chi connectivity index (χ0n) is 11.0. The first-order valence-electron chi connectivity index (χ1n) is 5.75. The number of aromatic nitrogens is 2. The second-order valence-corrected chi connectivity index (χ2v) is 6.31. The van der Waals surface area contributed by atoms with E-state index < -0.39 is 9.84 Å². The molecule has 0 bridgehead atoms. The summed E-state index contributed by atoms with van der Waals surface area (Å²) in [7, 11) is -3.31. The van der Waals surface area contributed by atoms with Gasteiger partial charge in [0.1, 0.15) is 5.82 Å². The molecule has 1 N–H and O–H groups in total. The van der Waals surface area contributed by atoms with Crippen LogP contribution < -0.4 is 5.32 Å². The van der Waals surface area contributed by atoms with Gasteiger partial charge in [-0.2, -0.15) is 0 Å². The van der Waals surface area contributed by atoms with E-state index in [-0.39, 0.29) is 10.8 Å². The van der Waals surface area contributed by atoms with Crippen LogP contribution in [-0.4, -0.2) is 30.5 Å². The van der Waals surface area contributed by atoms with Crippen LogP contribution in [0.3, 0.4) is 0 Å². The van der Waals surface area contributed by atoms with Crippen LogP contribution in [0.1, 0.15) is 6.92 Å². The van der Waals surface area contributed by atoms with Crippen molar-refractivity contribution in [3.05, 3.63) is 36.8 Å². The summed E-state index contributed by atoms with van der Waals surface area (Å²) in [5.74, 6) is 0.178. The second-order valence-electron chi connectivity index (χ2n) is 4.29. The Morgan fingerprint density at radius 1 is 1.20 bits per heavy atom. The zero-order valence-corrected chi connectivity index (χ0v) is 11.8. The third-order valence-corrected chi connectivity index (χ3v) is 3.62. The maximum atomic E-state index is 11.5. The van der Waals surface area contributed by atoms with Crippen molar-refractivity contribution in [1.29, 1.82) is 0 Å². The molecular formula is C13H13N3O3S. The highest BCUT2D eigenvalue weighted by molar-refractivity contribution is 7.90. The van der Waals surface area contributed by atoms with Crippen molar-refractivity contribution < 1.29 is 13.2 Å². The molecule has 2 rings (SSSR count). The fourth-order valence-electron chi connectivity index (χ4n) is 1.64. The molecule has 0 aliphatic carbocycles. The number of hydrogen-bond acceptors (Lipinski definition) is 5. The Kier molecular flexibility index (Phi) is 3.80. The molecule has 0 unspecified atom stereocenters. The predicted molar refractivity (Wildman–Crippen MR) is 74.9 cm³/mol. The lowest BCUT2D eigenvalue weighted by molar-refractivity contribution is -0.114. The number of amides is 1. The Balaban J connectivity index is 2.44. The van der Waals surface area contributed by atoms with E-state index in [1.165, 1.54) is 25.4 Å².